The van der Waals surface area contributed by atoms with Crippen LogP contribution >= 0.6 is 0 Å². The zero-order valence-electron chi connectivity index (χ0n) is 22.3. The summed E-state index contributed by atoms with van der Waals surface area (Å²) in [5, 5.41) is 3.09. The molecule has 0 aliphatic rings. The van der Waals surface area contributed by atoms with Gasteiger partial charge in [-0.1, -0.05) is 72.3 Å². The van der Waals surface area contributed by atoms with Crippen LogP contribution in [-0.4, -0.2) is 34.9 Å². The van der Waals surface area contributed by atoms with Crippen molar-refractivity contribution >= 4 is 11.8 Å². The Bertz CT molecular complexity index is 1160. The maximum Gasteiger partial charge on any atom is 0.261 e. The van der Waals surface area contributed by atoms with Crippen LogP contribution in [0.5, 0.6) is 5.75 Å². The molecule has 0 aliphatic heterocycles. The maximum atomic E-state index is 13.7. The molecule has 3 aromatic rings. The molecule has 5 heteroatoms. The molecular weight excluding hydrogens is 448 g/mol. The van der Waals surface area contributed by atoms with Gasteiger partial charge in [0.1, 0.15) is 11.8 Å². The van der Waals surface area contributed by atoms with E-state index in [9.17, 15) is 9.59 Å². The highest BCUT2D eigenvalue weighted by Crippen LogP contribution is 2.21. The average molecular weight is 487 g/mol. The molecule has 3 aromatic carbocycles. The molecule has 0 heterocycles. The van der Waals surface area contributed by atoms with Crippen molar-refractivity contribution in [1.82, 2.24) is 10.2 Å². The third kappa shape index (κ3) is 7.98. The van der Waals surface area contributed by atoms with Gasteiger partial charge in [0.05, 0.1) is 0 Å². The van der Waals surface area contributed by atoms with Crippen LogP contribution in [0.3, 0.4) is 0 Å². The molecule has 2 amide bonds. The Labute approximate surface area is 215 Å². The Kier molecular flexibility index (Phi) is 8.92. The number of hydrogen-bond donors (Lipinski definition) is 1. The number of nitrogens with one attached hydrogen (secondary N) is 1. The van der Waals surface area contributed by atoms with E-state index >= 15 is 0 Å². The van der Waals surface area contributed by atoms with Gasteiger partial charge in [0.15, 0.2) is 6.61 Å². The van der Waals surface area contributed by atoms with Gasteiger partial charge in [0, 0.05) is 18.5 Å². The van der Waals surface area contributed by atoms with E-state index in [1.165, 1.54) is 0 Å². The predicted octanol–water partition coefficient (Wildman–Crippen LogP) is 5.55. The summed E-state index contributed by atoms with van der Waals surface area (Å²) < 4.78 is 5.98. The smallest absolute Gasteiger partial charge is 0.261 e. The van der Waals surface area contributed by atoms with Crippen LogP contribution < -0.4 is 10.1 Å². The quantitative estimate of drug-likeness (QED) is 0.432. The van der Waals surface area contributed by atoms with E-state index in [-0.39, 0.29) is 18.4 Å². The number of hydrogen-bond acceptors (Lipinski definition) is 3. The van der Waals surface area contributed by atoms with Gasteiger partial charge in [-0.15, -0.1) is 0 Å². The van der Waals surface area contributed by atoms with Crippen molar-refractivity contribution < 1.29 is 14.3 Å². The SMILES string of the molecule is Cc1ccc(CN(C(=O)COc2cc(C)ccc2C)[C@@H](Cc2ccccc2)C(=O)NC(C)(C)C)cc1. The standard InChI is InChI=1S/C31H38N2O3/c1-22-13-16-26(17-14-22)20-33(29(34)21-36-28-18-23(2)12-15-24(28)3)27(30(35)32-31(4,5)6)19-25-10-8-7-9-11-25/h7-18,27H,19-21H2,1-6H3,(H,32,35)/t27-/m0/s1. The number of amides is 2. The molecule has 0 unspecified atom stereocenters. The van der Waals surface area contributed by atoms with E-state index < -0.39 is 11.6 Å². The minimum absolute atomic E-state index is 0.149. The van der Waals surface area contributed by atoms with E-state index in [2.05, 4.69) is 5.32 Å². The molecule has 0 fully saturated rings. The molecule has 0 radical (unpaired) electrons. The zero-order valence-corrected chi connectivity index (χ0v) is 22.3. The van der Waals surface area contributed by atoms with Crippen molar-refractivity contribution in [2.24, 2.45) is 0 Å². The lowest BCUT2D eigenvalue weighted by molar-refractivity contribution is -0.143. The summed E-state index contributed by atoms with van der Waals surface area (Å²) in [6, 6.07) is 23.1. The first kappa shape index (κ1) is 27.0. The Morgan fingerprint density at radius 3 is 2.14 bits per heavy atom. The first-order valence-electron chi connectivity index (χ1n) is 12.4. The second-order valence-electron chi connectivity index (χ2n) is 10.5. The topological polar surface area (TPSA) is 58.6 Å². The molecule has 0 bridgehead atoms. The molecule has 0 aliphatic carbocycles. The molecule has 0 saturated heterocycles. The Balaban J connectivity index is 1.94. The number of aryl methyl sites for hydroxylation is 3. The minimum Gasteiger partial charge on any atom is -0.483 e. The van der Waals surface area contributed by atoms with E-state index in [1.54, 1.807) is 4.90 Å². The van der Waals surface area contributed by atoms with Crippen molar-refractivity contribution in [2.75, 3.05) is 6.61 Å². The van der Waals surface area contributed by atoms with Gasteiger partial charge in [-0.05, 0) is 69.9 Å². The van der Waals surface area contributed by atoms with Crippen LogP contribution in [-0.2, 0) is 22.6 Å². The summed E-state index contributed by atoms with van der Waals surface area (Å²) in [4.78, 5) is 28.9. The van der Waals surface area contributed by atoms with Crippen LogP contribution in [0.15, 0.2) is 72.8 Å². The van der Waals surface area contributed by atoms with Crippen molar-refractivity contribution in [3.8, 4) is 5.75 Å². The van der Waals surface area contributed by atoms with Gasteiger partial charge in [0.2, 0.25) is 5.91 Å². The zero-order chi connectivity index (χ0) is 26.3. The number of nitrogens with zero attached hydrogens (tertiary/aromatic N) is 1. The Morgan fingerprint density at radius 2 is 1.50 bits per heavy atom. The molecule has 0 spiro atoms. The minimum atomic E-state index is -0.692. The van der Waals surface area contributed by atoms with E-state index in [0.717, 1.165) is 27.8 Å². The number of benzene rings is 3. The van der Waals surface area contributed by atoms with Crippen LogP contribution in [0, 0.1) is 20.8 Å². The molecule has 1 atom stereocenters. The van der Waals surface area contributed by atoms with E-state index in [1.807, 2.05) is 114 Å². The summed E-state index contributed by atoms with van der Waals surface area (Å²) in [6.45, 7) is 12.0. The number of ether oxygens (including phenoxy) is 1. The highest BCUT2D eigenvalue weighted by molar-refractivity contribution is 5.89. The molecule has 0 aromatic heterocycles. The van der Waals surface area contributed by atoms with Gasteiger partial charge in [0.25, 0.3) is 5.91 Å². The third-order valence-electron chi connectivity index (χ3n) is 5.94. The van der Waals surface area contributed by atoms with Crippen LogP contribution in [0.1, 0.15) is 48.6 Å². The second kappa shape index (κ2) is 11.9. The van der Waals surface area contributed by atoms with Crippen molar-refractivity contribution in [3.05, 3.63) is 101 Å². The summed E-state index contributed by atoms with van der Waals surface area (Å²) in [6.07, 6.45) is 0.407. The lowest BCUT2D eigenvalue weighted by atomic mass is 10.0. The van der Waals surface area contributed by atoms with Crippen LogP contribution in [0.4, 0.5) is 0 Å². The van der Waals surface area contributed by atoms with Crippen molar-refractivity contribution in [1.29, 1.82) is 0 Å². The number of rotatable bonds is 9. The van der Waals surface area contributed by atoms with Gasteiger partial charge in [-0.25, -0.2) is 0 Å². The fourth-order valence-corrected chi connectivity index (χ4v) is 3.98. The molecule has 190 valence electrons. The number of carbonyl (C=O) groups excluding carboxylic acids is 2. The fourth-order valence-electron chi connectivity index (χ4n) is 3.98. The molecular formula is C31H38N2O3. The van der Waals surface area contributed by atoms with Crippen LogP contribution in [0.2, 0.25) is 0 Å². The fraction of sp³-hybridized carbons (Fsp3) is 0.355. The average Bonchev–Trinajstić information content (AvgIpc) is 2.82. The largest absolute Gasteiger partial charge is 0.483 e. The van der Waals surface area contributed by atoms with Crippen molar-refractivity contribution in [2.45, 2.75) is 66.1 Å². The second-order valence-corrected chi connectivity index (χ2v) is 10.5. The van der Waals surface area contributed by atoms with Gasteiger partial charge in [-0.2, -0.15) is 0 Å². The molecule has 3 rings (SSSR count). The lowest BCUT2D eigenvalue weighted by Crippen LogP contribution is -2.55. The lowest BCUT2D eigenvalue weighted by Gasteiger charge is -2.34. The highest BCUT2D eigenvalue weighted by Gasteiger charge is 2.32. The highest BCUT2D eigenvalue weighted by atomic mass is 16.5. The summed E-state index contributed by atoms with van der Waals surface area (Å²) >= 11 is 0. The maximum absolute atomic E-state index is 13.7. The molecule has 0 saturated carbocycles. The van der Waals surface area contributed by atoms with Gasteiger partial charge < -0.3 is 15.0 Å². The molecule has 1 N–H and O–H groups in total. The molecule has 5 nitrogen and oxygen atoms in total. The summed E-state index contributed by atoms with van der Waals surface area (Å²) in [5.41, 5.74) is 4.68. The monoisotopic (exact) mass is 486 g/mol. The third-order valence-corrected chi connectivity index (χ3v) is 5.94. The van der Waals surface area contributed by atoms with Crippen molar-refractivity contribution in [3.63, 3.8) is 0 Å². The first-order chi connectivity index (χ1) is 17.0. The van der Waals surface area contributed by atoms with Crippen LogP contribution in [0.25, 0.3) is 0 Å². The van der Waals surface area contributed by atoms with Gasteiger partial charge in [-0.3, -0.25) is 9.59 Å². The summed E-state index contributed by atoms with van der Waals surface area (Å²) in [7, 11) is 0. The predicted molar refractivity (Wildman–Crippen MR) is 145 cm³/mol. The normalized spacial score (nSPS) is 12.1. The Morgan fingerprint density at radius 1 is 0.861 bits per heavy atom. The Hall–Kier alpha value is -3.60. The number of carbonyl (C=O) groups is 2. The summed E-state index contributed by atoms with van der Waals surface area (Å²) in [5.74, 6) is 0.261. The van der Waals surface area contributed by atoms with Gasteiger partial charge >= 0.3 is 0 Å². The molecule has 36 heavy (non-hydrogen) atoms. The first-order valence-corrected chi connectivity index (χ1v) is 12.4. The van der Waals surface area contributed by atoms with E-state index in [4.69, 9.17) is 4.74 Å². The van der Waals surface area contributed by atoms with E-state index in [0.29, 0.717) is 18.7 Å².